The predicted octanol–water partition coefficient (Wildman–Crippen LogP) is 3.66. The van der Waals surface area contributed by atoms with Gasteiger partial charge < -0.3 is 10.2 Å². The second kappa shape index (κ2) is 8.15. The summed E-state index contributed by atoms with van der Waals surface area (Å²) in [7, 11) is 0. The Kier molecular flexibility index (Phi) is 6.44. The van der Waals surface area contributed by atoms with E-state index in [-0.39, 0.29) is 29.8 Å². The molecule has 1 aliphatic carbocycles. The molecule has 24 heavy (non-hydrogen) atoms. The first kappa shape index (κ1) is 19.0. The molecule has 0 radical (unpaired) electrons. The fraction of sp³-hybridized carbons (Fsp3) is 0.556. The lowest BCUT2D eigenvalue weighted by molar-refractivity contribution is 0.151. The first-order chi connectivity index (χ1) is 11.2. The van der Waals surface area contributed by atoms with Crippen LogP contribution in [0.1, 0.15) is 43.7 Å². The number of aliphatic imine (C=N–C) groups is 1. The fourth-order valence-corrected chi connectivity index (χ4v) is 3.53. The SMILES string of the molecule is CCNC(=NCc1ccc(C#N)cc1F)N1CCC2(CCC2)C1.I. The van der Waals surface area contributed by atoms with Crippen LogP contribution in [0.3, 0.4) is 0 Å². The predicted molar refractivity (Wildman–Crippen MR) is 104 cm³/mol. The monoisotopic (exact) mass is 442 g/mol. The van der Waals surface area contributed by atoms with Gasteiger partial charge in [0.15, 0.2) is 5.96 Å². The Morgan fingerprint density at radius 1 is 1.42 bits per heavy atom. The number of nitriles is 1. The lowest BCUT2D eigenvalue weighted by Gasteiger charge is -2.38. The summed E-state index contributed by atoms with van der Waals surface area (Å²) in [5, 5.41) is 12.1. The van der Waals surface area contributed by atoms with Gasteiger partial charge in [0.25, 0.3) is 0 Å². The molecule has 1 heterocycles. The largest absolute Gasteiger partial charge is 0.357 e. The van der Waals surface area contributed by atoms with E-state index in [1.807, 2.05) is 13.0 Å². The molecule has 6 heteroatoms. The van der Waals surface area contributed by atoms with Crippen LogP contribution in [0.4, 0.5) is 4.39 Å². The highest BCUT2D eigenvalue weighted by Crippen LogP contribution is 2.47. The van der Waals surface area contributed by atoms with Crippen molar-refractivity contribution in [2.75, 3.05) is 19.6 Å². The molecule has 1 saturated heterocycles. The highest BCUT2D eigenvalue weighted by Gasteiger charge is 2.43. The van der Waals surface area contributed by atoms with Crippen LogP contribution in [0.15, 0.2) is 23.2 Å². The van der Waals surface area contributed by atoms with Crippen LogP contribution in [-0.4, -0.2) is 30.5 Å². The van der Waals surface area contributed by atoms with Gasteiger partial charge in [-0.2, -0.15) is 5.26 Å². The van der Waals surface area contributed by atoms with Crippen molar-refractivity contribution in [2.24, 2.45) is 10.4 Å². The van der Waals surface area contributed by atoms with Gasteiger partial charge in [-0.25, -0.2) is 9.38 Å². The first-order valence-corrected chi connectivity index (χ1v) is 8.37. The zero-order valence-corrected chi connectivity index (χ0v) is 16.3. The topological polar surface area (TPSA) is 51.4 Å². The van der Waals surface area contributed by atoms with E-state index in [1.54, 1.807) is 12.1 Å². The van der Waals surface area contributed by atoms with Gasteiger partial charge in [0.1, 0.15) is 5.82 Å². The number of nitrogens with zero attached hydrogens (tertiary/aromatic N) is 3. The molecule has 1 aromatic carbocycles. The maximum Gasteiger partial charge on any atom is 0.194 e. The van der Waals surface area contributed by atoms with E-state index in [9.17, 15) is 4.39 Å². The Morgan fingerprint density at radius 2 is 2.21 bits per heavy atom. The van der Waals surface area contributed by atoms with Gasteiger partial charge in [0, 0.05) is 25.2 Å². The van der Waals surface area contributed by atoms with Gasteiger partial charge in [0.05, 0.1) is 18.2 Å². The summed E-state index contributed by atoms with van der Waals surface area (Å²) in [6.07, 6.45) is 5.24. The van der Waals surface area contributed by atoms with Crippen molar-refractivity contribution in [3.63, 3.8) is 0 Å². The summed E-state index contributed by atoms with van der Waals surface area (Å²) >= 11 is 0. The molecule has 4 nitrogen and oxygen atoms in total. The average Bonchev–Trinajstić information content (AvgIpc) is 2.98. The molecule has 1 aromatic rings. The van der Waals surface area contributed by atoms with Crippen LogP contribution in [0, 0.1) is 22.6 Å². The van der Waals surface area contributed by atoms with E-state index in [2.05, 4.69) is 15.2 Å². The third-order valence-electron chi connectivity index (χ3n) is 5.07. The molecule has 0 atom stereocenters. The fourth-order valence-electron chi connectivity index (χ4n) is 3.53. The summed E-state index contributed by atoms with van der Waals surface area (Å²) in [5.41, 5.74) is 1.38. The molecule has 0 unspecified atom stereocenters. The number of hydrogen-bond donors (Lipinski definition) is 1. The normalized spacial score (nSPS) is 18.7. The molecule has 0 amide bonds. The Hall–Kier alpha value is -1.36. The molecular weight excluding hydrogens is 418 g/mol. The highest BCUT2D eigenvalue weighted by molar-refractivity contribution is 14.0. The molecule has 1 spiro atoms. The minimum atomic E-state index is -0.361. The van der Waals surface area contributed by atoms with Crippen molar-refractivity contribution in [2.45, 2.75) is 39.2 Å². The van der Waals surface area contributed by atoms with Crippen LogP contribution in [0.2, 0.25) is 0 Å². The number of nitrogens with one attached hydrogen (secondary N) is 1. The van der Waals surface area contributed by atoms with Crippen molar-refractivity contribution in [3.05, 3.63) is 35.1 Å². The van der Waals surface area contributed by atoms with Gasteiger partial charge >= 0.3 is 0 Å². The molecule has 1 N–H and O–H groups in total. The van der Waals surface area contributed by atoms with Gasteiger partial charge in [0.2, 0.25) is 0 Å². The second-order valence-corrected chi connectivity index (χ2v) is 6.61. The second-order valence-electron chi connectivity index (χ2n) is 6.61. The Labute approximate surface area is 160 Å². The van der Waals surface area contributed by atoms with E-state index in [4.69, 9.17) is 5.26 Å². The van der Waals surface area contributed by atoms with Crippen LogP contribution in [0.25, 0.3) is 0 Å². The van der Waals surface area contributed by atoms with Crippen LogP contribution >= 0.6 is 24.0 Å². The Balaban J connectivity index is 0.00000208. The van der Waals surface area contributed by atoms with Crippen molar-refractivity contribution in [3.8, 4) is 6.07 Å². The zero-order valence-electron chi connectivity index (χ0n) is 14.0. The minimum absolute atomic E-state index is 0. The molecule has 3 rings (SSSR count). The van der Waals surface area contributed by atoms with Crippen molar-refractivity contribution in [1.82, 2.24) is 10.2 Å². The number of rotatable bonds is 3. The summed E-state index contributed by atoms with van der Waals surface area (Å²) in [6, 6.07) is 6.52. The lowest BCUT2D eigenvalue weighted by Crippen LogP contribution is -2.42. The summed E-state index contributed by atoms with van der Waals surface area (Å²) < 4.78 is 14.0. The Morgan fingerprint density at radius 3 is 2.75 bits per heavy atom. The third kappa shape index (κ3) is 4.00. The number of likely N-dealkylation sites (tertiary alicyclic amines) is 1. The number of hydrogen-bond acceptors (Lipinski definition) is 2. The molecule has 0 bridgehead atoms. The molecule has 130 valence electrons. The maximum absolute atomic E-state index is 14.0. The van der Waals surface area contributed by atoms with Gasteiger partial charge in [-0.3, -0.25) is 0 Å². The molecule has 1 saturated carbocycles. The summed E-state index contributed by atoms with van der Waals surface area (Å²) in [5.74, 6) is 0.514. The van der Waals surface area contributed by atoms with Crippen molar-refractivity contribution in [1.29, 1.82) is 5.26 Å². The maximum atomic E-state index is 14.0. The van der Waals surface area contributed by atoms with Crippen molar-refractivity contribution >= 4 is 29.9 Å². The van der Waals surface area contributed by atoms with E-state index in [0.29, 0.717) is 23.1 Å². The smallest absolute Gasteiger partial charge is 0.194 e. The number of guanidine groups is 1. The summed E-state index contributed by atoms with van der Waals surface area (Å²) in [4.78, 5) is 6.92. The molecular formula is C18H24FIN4. The van der Waals surface area contributed by atoms with Gasteiger partial charge in [-0.1, -0.05) is 12.5 Å². The van der Waals surface area contributed by atoms with Crippen LogP contribution in [-0.2, 0) is 6.54 Å². The van der Waals surface area contributed by atoms with E-state index in [1.165, 1.54) is 31.7 Å². The number of halogens is 2. The molecule has 2 fully saturated rings. The van der Waals surface area contributed by atoms with Crippen LogP contribution in [0.5, 0.6) is 0 Å². The summed E-state index contributed by atoms with van der Waals surface area (Å²) in [6.45, 7) is 5.24. The van der Waals surface area contributed by atoms with E-state index in [0.717, 1.165) is 25.6 Å². The zero-order chi connectivity index (χ0) is 16.3. The minimum Gasteiger partial charge on any atom is -0.357 e. The standard InChI is InChI=1S/C18H23FN4.HI/c1-2-21-17(23-9-8-18(13-23)6-3-7-18)22-12-15-5-4-14(11-20)10-16(15)19;/h4-5,10H,2-3,6-9,12-13H2,1H3,(H,21,22);1H. The first-order valence-electron chi connectivity index (χ1n) is 8.37. The van der Waals surface area contributed by atoms with E-state index >= 15 is 0 Å². The quantitative estimate of drug-likeness (QED) is 0.442. The Bertz CT molecular complexity index is 649. The molecule has 1 aliphatic heterocycles. The van der Waals surface area contributed by atoms with Crippen LogP contribution < -0.4 is 5.32 Å². The number of benzene rings is 1. The van der Waals surface area contributed by atoms with Gasteiger partial charge in [-0.05, 0) is 43.7 Å². The average molecular weight is 442 g/mol. The van der Waals surface area contributed by atoms with E-state index < -0.39 is 0 Å². The third-order valence-corrected chi connectivity index (χ3v) is 5.07. The molecule has 0 aromatic heterocycles. The van der Waals surface area contributed by atoms with Gasteiger partial charge in [-0.15, -0.1) is 24.0 Å². The lowest BCUT2D eigenvalue weighted by atomic mass is 9.68. The molecule has 2 aliphatic rings. The highest BCUT2D eigenvalue weighted by atomic mass is 127. The van der Waals surface area contributed by atoms with Crippen molar-refractivity contribution < 1.29 is 4.39 Å².